The Kier molecular flexibility index (Phi) is 4.37. The van der Waals surface area contributed by atoms with E-state index in [0.717, 1.165) is 18.4 Å². The standard InChI is InChI=1S/C13H18O/c1-3-11(4-2)10-13(14)12-8-6-5-7-9-12/h5-9,11H,3-4,10H2,1-2H3. The van der Waals surface area contributed by atoms with E-state index < -0.39 is 0 Å². The predicted octanol–water partition coefficient (Wildman–Crippen LogP) is 3.70. The van der Waals surface area contributed by atoms with Crippen LogP contribution in [0.15, 0.2) is 30.3 Å². The van der Waals surface area contributed by atoms with Gasteiger partial charge in [-0.1, -0.05) is 57.0 Å². The first-order valence-electron chi connectivity index (χ1n) is 5.36. The van der Waals surface area contributed by atoms with E-state index in [-0.39, 0.29) is 5.78 Å². The number of benzene rings is 1. The van der Waals surface area contributed by atoms with Crippen molar-refractivity contribution in [3.63, 3.8) is 0 Å². The molecular formula is C13H18O. The monoisotopic (exact) mass is 190 g/mol. The Morgan fingerprint density at radius 3 is 2.21 bits per heavy atom. The highest BCUT2D eigenvalue weighted by molar-refractivity contribution is 5.96. The molecule has 0 spiro atoms. The summed E-state index contributed by atoms with van der Waals surface area (Å²) in [4.78, 5) is 11.8. The second-order valence-corrected chi connectivity index (χ2v) is 3.68. The molecule has 1 aromatic carbocycles. The molecule has 0 N–H and O–H groups in total. The summed E-state index contributed by atoms with van der Waals surface area (Å²) < 4.78 is 0. The molecule has 0 aromatic heterocycles. The van der Waals surface area contributed by atoms with Gasteiger partial charge in [0.15, 0.2) is 5.78 Å². The molecule has 0 amide bonds. The maximum absolute atomic E-state index is 11.8. The second-order valence-electron chi connectivity index (χ2n) is 3.68. The Bertz CT molecular complexity index is 273. The first-order chi connectivity index (χ1) is 6.77. The Morgan fingerprint density at radius 2 is 1.71 bits per heavy atom. The minimum Gasteiger partial charge on any atom is -0.294 e. The van der Waals surface area contributed by atoms with Gasteiger partial charge in [-0.3, -0.25) is 4.79 Å². The average Bonchev–Trinajstić information content (AvgIpc) is 2.26. The van der Waals surface area contributed by atoms with Gasteiger partial charge >= 0.3 is 0 Å². The van der Waals surface area contributed by atoms with E-state index in [9.17, 15) is 4.79 Å². The molecule has 0 aliphatic heterocycles. The zero-order valence-corrected chi connectivity index (χ0v) is 8.99. The highest BCUT2D eigenvalue weighted by Gasteiger charge is 2.11. The van der Waals surface area contributed by atoms with Gasteiger partial charge in [-0.25, -0.2) is 0 Å². The maximum atomic E-state index is 11.8. The molecule has 0 saturated heterocycles. The molecule has 1 heteroatoms. The lowest BCUT2D eigenvalue weighted by atomic mass is 9.94. The Balaban J connectivity index is 2.59. The molecule has 0 unspecified atom stereocenters. The first-order valence-corrected chi connectivity index (χ1v) is 5.36. The van der Waals surface area contributed by atoms with E-state index in [2.05, 4.69) is 13.8 Å². The van der Waals surface area contributed by atoms with Crippen LogP contribution in [0, 0.1) is 5.92 Å². The normalized spacial score (nSPS) is 10.5. The van der Waals surface area contributed by atoms with Crippen LogP contribution in [-0.2, 0) is 0 Å². The Hall–Kier alpha value is -1.11. The van der Waals surface area contributed by atoms with E-state index >= 15 is 0 Å². The van der Waals surface area contributed by atoms with Crippen LogP contribution in [0.25, 0.3) is 0 Å². The van der Waals surface area contributed by atoms with Crippen LogP contribution >= 0.6 is 0 Å². The molecule has 0 atom stereocenters. The lowest BCUT2D eigenvalue weighted by molar-refractivity contribution is 0.0958. The van der Waals surface area contributed by atoms with Crippen LogP contribution in [0.4, 0.5) is 0 Å². The summed E-state index contributed by atoms with van der Waals surface area (Å²) in [5, 5.41) is 0. The number of carbonyl (C=O) groups is 1. The van der Waals surface area contributed by atoms with Crippen molar-refractivity contribution in [2.45, 2.75) is 33.1 Å². The maximum Gasteiger partial charge on any atom is 0.163 e. The van der Waals surface area contributed by atoms with Gasteiger partial charge in [-0.2, -0.15) is 0 Å². The van der Waals surface area contributed by atoms with Crippen molar-refractivity contribution < 1.29 is 4.79 Å². The molecular weight excluding hydrogens is 172 g/mol. The molecule has 1 nitrogen and oxygen atoms in total. The van der Waals surface area contributed by atoms with Crippen LogP contribution < -0.4 is 0 Å². The van der Waals surface area contributed by atoms with Gasteiger partial charge in [0.2, 0.25) is 0 Å². The van der Waals surface area contributed by atoms with Crippen LogP contribution in [-0.4, -0.2) is 5.78 Å². The molecule has 0 radical (unpaired) electrons. The summed E-state index contributed by atoms with van der Waals surface area (Å²) in [5.74, 6) is 0.821. The van der Waals surface area contributed by atoms with Crippen molar-refractivity contribution in [1.82, 2.24) is 0 Å². The fourth-order valence-corrected chi connectivity index (χ4v) is 1.58. The van der Waals surface area contributed by atoms with Crippen LogP contribution in [0.2, 0.25) is 0 Å². The third kappa shape index (κ3) is 2.99. The SMILES string of the molecule is CCC(CC)CC(=O)c1ccccc1. The van der Waals surface area contributed by atoms with E-state index in [1.54, 1.807) is 0 Å². The number of hydrogen-bond acceptors (Lipinski definition) is 1. The number of hydrogen-bond donors (Lipinski definition) is 0. The zero-order chi connectivity index (χ0) is 10.4. The smallest absolute Gasteiger partial charge is 0.163 e. The fourth-order valence-electron chi connectivity index (χ4n) is 1.58. The van der Waals surface area contributed by atoms with Crippen LogP contribution in [0.5, 0.6) is 0 Å². The minimum absolute atomic E-state index is 0.277. The molecule has 0 aliphatic rings. The van der Waals surface area contributed by atoms with Crippen molar-refractivity contribution in [3.05, 3.63) is 35.9 Å². The lowest BCUT2D eigenvalue weighted by Gasteiger charge is -2.10. The second kappa shape index (κ2) is 5.58. The number of ketones is 1. The van der Waals surface area contributed by atoms with Gasteiger partial charge in [0.25, 0.3) is 0 Å². The number of rotatable bonds is 5. The van der Waals surface area contributed by atoms with Crippen molar-refractivity contribution in [3.8, 4) is 0 Å². The minimum atomic E-state index is 0.277. The summed E-state index contributed by atoms with van der Waals surface area (Å²) in [7, 11) is 0. The van der Waals surface area contributed by atoms with Gasteiger partial charge in [0.1, 0.15) is 0 Å². The van der Waals surface area contributed by atoms with Gasteiger partial charge in [-0.15, -0.1) is 0 Å². The van der Waals surface area contributed by atoms with Gasteiger partial charge < -0.3 is 0 Å². The molecule has 1 rings (SSSR count). The summed E-state index contributed by atoms with van der Waals surface area (Å²) in [6.07, 6.45) is 2.88. The molecule has 0 saturated carbocycles. The Morgan fingerprint density at radius 1 is 1.14 bits per heavy atom. The topological polar surface area (TPSA) is 17.1 Å². The molecule has 0 aliphatic carbocycles. The predicted molar refractivity (Wildman–Crippen MR) is 59.5 cm³/mol. The van der Waals surface area contributed by atoms with Crippen molar-refractivity contribution >= 4 is 5.78 Å². The van der Waals surface area contributed by atoms with E-state index in [4.69, 9.17) is 0 Å². The number of carbonyl (C=O) groups excluding carboxylic acids is 1. The molecule has 1 aromatic rings. The van der Waals surface area contributed by atoms with Gasteiger partial charge in [0, 0.05) is 12.0 Å². The van der Waals surface area contributed by atoms with Gasteiger partial charge in [0.05, 0.1) is 0 Å². The average molecular weight is 190 g/mol. The van der Waals surface area contributed by atoms with Crippen molar-refractivity contribution in [2.75, 3.05) is 0 Å². The van der Waals surface area contributed by atoms with E-state index in [1.807, 2.05) is 30.3 Å². The molecule has 0 bridgehead atoms. The molecule has 76 valence electrons. The third-order valence-electron chi connectivity index (χ3n) is 2.72. The summed E-state index contributed by atoms with van der Waals surface area (Å²) in [6.45, 7) is 4.29. The lowest BCUT2D eigenvalue weighted by Crippen LogP contribution is -2.07. The highest BCUT2D eigenvalue weighted by atomic mass is 16.1. The number of Topliss-reactive ketones (excluding diaryl/α,β-unsaturated/α-hetero) is 1. The summed E-state index contributed by atoms with van der Waals surface area (Å²) >= 11 is 0. The molecule has 0 heterocycles. The van der Waals surface area contributed by atoms with E-state index in [1.165, 1.54) is 0 Å². The molecule has 0 fully saturated rings. The largest absolute Gasteiger partial charge is 0.294 e. The first kappa shape index (κ1) is 11.0. The third-order valence-corrected chi connectivity index (χ3v) is 2.72. The Labute approximate surface area is 86.1 Å². The fraction of sp³-hybridized carbons (Fsp3) is 0.462. The zero-order valence-electron chi connectivity index (χ0n) is 8.99. The summed E-state index contributed by atoms with van der Waals surface area (Å²) in [6, 6.07) is 9.56. The van der Waals surface area contributed by atoms with Crippen LogP contribution in [0.3, 0.4) is 0 Å². The van der Waals surface area contributed by atoms with Gasteiger partial charge in [-0.05, 0) is 5.92 Å². The quantitative estimate of drug-likeness (QED) is 0.647. The summed E-state index contributed by atoms with van der Waals surface area (Å²) in [5.41, 5.74) is 0.847. The van der Waals surface area contributed by atoms with E-state index in [0.29, 0.717) is 12.3 Å². The van der Waals surface area contributed by atoms with Crippen LogP contribution in [0.1, 0.15) is 43.5 Å². The van der Waals surface area contributed by atoms with Crippen molar-refractivity contribution in [2.24, 2.45) is 5.92 Å². The van der Waals surface area contributed by atoms with Crippen molar-refractivity contribution in [1.29, 1.82) is 0 Å². The highest BCUT2D eigenvalue weighted by Crippen LogP contribution is 2.16. The molecule has 14 heavy (non-hydrogen) atoms.